The Bertz CT molecular complexity index is 218. The summed E-state index contributed by atoms with van der Waals surface area (Å²) in [7, 11) is 0. The average molecular weight is 109 g/mol. The van der Waals surface area contributed by atoms with Crippen molar-refractivity contribution in [2.75, 3.05) is 0 Å². The van der Waals surface area contributed by atoms with Crippen LogP contribution in [0.5, 0.6) is 0 Å². The van der Waals surface area contributed by atoms with Gasteiger partial charge < -0.3 is 4.98 Å². The van der Waals surface area contributed by atoms with Gasteiger partial charge in [-0.05, 0) is 11.9 Å². The number of H-pyrrole nitrogens is 1. The second-order valence-corrected chi connectivity index (χ2v) is 1.45. The molecule has 0 aliphatic rings. The van der Waals surface area contributed by atoms with Crippen LogP contribution in [0, 0.1) is 12.3 Å². The van der Waals surface area contributed by atoms with Crippen LogP contribution >= 0.6 is 0 Å². The molecule has 40 valence electrons. The molecule has 0 atom stereocenters. The van der Waals surface area contributed by atoms with E-state index < -0.39 is 0 Å². The van der Waals surface area contributed by atoms with Gasteiger partial charge in [0.15, 0.2) is 0 Å². The Hall–Kier alpha value is -1.37. The molecule has 0 saturated heterocycles. The van der Waals surface area contributed by atoms with Gasteiger partial charge in [-0.15, -0.1) is 0 Å². The summed E-state index contributed by atoms with van der Waals surface area (Å²) in [4.78, 5) is 9.30. The summed E-state index contributed by atoms with van der Waals surface area (Å²) >= 11 is 0. The van der Waals surface area contributed by atoms with E-state index in [1.807, 2.05) is 0 Å². The van der Waals surface area contributed by atoms with Crippen molar-refractivity contribution < 1.29 is 0 Å². The molecule has 0 aliphatic carbocycles. The fraction of sp³-hybridized carbons (Fsp3) is 0.250. The highest BCUT2D eigenvalue weighted by Gasteiger charge is 2.09. The van der Waals surface area contributed by atoms with Gasteiger partial charge in [0, 0.05) is 4.98 Å². The minimum Gasteiger partial charge on any atom is -0.321 e. The maximum atomic E-state index is 8.15. The third-order valence-corrected chi connectivity index (χ3v) is 0.898. The molecular weight excluding hydrogens is 104 g/mol. The molecule has 1 heterocycles. The first kappa shape index (κ1) is 4.78. The third-order valence-electron chi connectivity index (χ3n) is 0.898. The number of diazo groups is 1. The summed E-state index contributed by atoms with van der Waals surface area (Å²) in [6, 6.07) is 0. The van der Waals surface area contributed by atoms with Crippen LogP contribution in [-0.4, -0.2) is 9.97 Å². The Morgan fingerprint density at radius 1 is 1.88 bits per heavy atom. The Labute approximate surface area is 46.2 Å². The zero-order valence-electron chi connectivity index (χ0n) is 4.42. The number of imidazole rings is 1. The van der Waals surface area contributed by atoms with E-state index in [0.717, 1.165) is 5.69 Å². The first-order chi connectivity index (χ1) is 3.84. The van der Waals surface area contributed by atoms with Gasteiger partial charge in [-0.2, -0.15) is 0 Å². The van der Waals surface area contributed by atoms with Crippen LogP contribution in [0.1, 0.15) is 5.69 Å². The summed E-state index contributed by atoms with van der Waals surface area (Å²) in [6.45, 7) is 1.78. The SMILES string of the molecule is Cc1[nH]cnc1[N+]#N. The van der Waals surface area contributed by atoms with Crippen LogP contribution in [0.25, 0.3) is 4.98 Å². The van der Waals surface area contributed by atoms with Crippen LogP contribution in [0.2, 0.25) is 0 Å². The predicted octanol–water partition coefficient (Wildman–Crippen LogP) is 1.20. The second kappa shape index (κ2) is 1.62. The van der Waals surface area contributed by atoms with Crippen LogP contribution in [0.4, 0.5) is 5.82 Å². The smallest absolute Gasteiger partial charge is 0.321 e. The number of aromatic nitrogens is 2. The highest BCUT2D eigenvalue weighted by atomic mass is 15.0. The standard InChI is InChI=1S/C4H5N4/c1-3-4(8-5)7-2-6-3/h2H,1H3,(H,6,7)/q+1. The van der Waals surface area contributed by atoms with Crippen LogP contribution in [0.15, 0.2) is 6.33 Å². The van der Waals surface area contributed by atoms with Crippen molar-refractivity contribution in [1.29, 1.82) is 5.39 Å². The van der Waals surface area contributed by atoms with Gasteiger partial charge in [0.05, 0.1) is 5.39 Å². The first-order valence-corrected chi connectivity index (χ1v) is 2.19. The topological polar surface area (TPSA) is 56.8 Å². The normalized spacial score (nSPS) is 8.50. The van der Waals surface area contributed by atoms with E-state index in [4.69, 9.17) is 5.39 Å². The number of aromatic amines is 1. The number of rotatable bonds is 0. The monoisotopic (exact) mass is 109 g/mol. The average Bonchev–Trinajstić information content (AvgIpc) is 2.14. The Kier molecular flexibility index (Phi) is 0.968. The van der Waals surface area contributed by atoms with Crippen molar-refractivity contribution in [1.82, 2.24) is 9.97 Å². The number of hydrogen-bond donors (Lipinski definition) is 1. The number of aryl methyl sites for hydroxylation is 1. The lowest BCUT2D eigenvalue weighted by molar-refractivity contribution is 1.25. The highest BCUT2D eigenvalue weighted by Crippen LogP contribution is 2.09. The molecule has 0 amide bonds. The summed E-state index contributed by atoms with van der Waals surface area (Å²) in [5.41, 5.74) is 0.771. The molecule has 0 fully saturated rings. The van der Waals surface area contributed by atoms with E-state index in [0.29, 0.717) is 5.82 Å². The fourth-order valence-corrected chi connectivity index (χ4v) is 0.452. The van der Waals surface area contributed by atoms with E-state index in [1.165, 1.54) is 6.33 Å². The third kappa shape index (κ3) is 0.540. The van der Waals surface area contributed by atoms with E-state index >= 15 is 0 Å². The molecular formula is C4H5N4+. The summed E-state index contributed by atoms with van der Waals surface area (Å²) in [5, 5.41) is 8.15. The van der Waals surface area contributed by atoms with E-state index in [2.05, 4.69) is 14.9 Å². The molecule has 0 bridgehead atoms. The van der Waals surface area contributed by atoms with Crippen molar-refractivity contribution in [2.24, 2.45) is 0 Å². The predicted molar refractivity (Wildman–Crippen MR) is 28.1 cm³/mol. The molecule has 1 aromatic rings. The fourth-order valence-electron chi connectivity index (χ4n) is 0.452. The number of nitrogens with zero attached hydrogens (tertiary/aromatic N) is 3. The van der Waals surface area contributed by atoms with Crippen molar-refractivity contribution in [3.8, 4) is 0 Å². The molecule has 0 unspecified atom stereocenters. The molecule has 1 aromatic heterocycles. The largest absolute Gasteiger partial charge is 0.485 e. The maximum Gasteiger partial charge on any atom is 0.485 e. The molecule has 4 heteroatoms. The lowest BCUT2D eigenvalue weighted by Gasteiger charge is -1.65. The zero-order chi connectivity index (χ0) is 5.98. The van der Waals surface area contributed by atoms with Gasteiger partial charge in [0.1, 0.15) is 5.69 Å². The molecule has 4 nitrogen and oxygen atoms in total. The van der Waals surface area contributed by atoms with Crippen molar-refractivity contribution >= 4 is 5.82 Å². The van der Waals surface area contributed by atoms with E-state index in [-0.39, 0.29) is 0 Å². The number of hydrogen-bond acceptors (Lipinski definition) is 2. The number of nitrogens with one attached hydrogen (secondary N) is 1. The quantitative estimate of drug-likeness (QED) is 0.509. The van der Waals surface area contributed by atoms with Crippen molar-refractivity contribution in [3.63, 3.8) is 0 Å². The maximum absolute atomic E-state index is 8.15. The first-order valence-electron chi connectivity index (χ1n) is 2.19. The molecule has 0 aliphatic heterocycles. The van der Waals surface area contributed by atoms with Gasteiger partial charge in [0.2, 0.25) is 6.33 Å². The molecule has 0 saturated carbocycles. The zero-order valence-corrected chi connectivity index (χ0v) is 4.42. The van der Waals surface area contributed by atoms with Gasteiger partial charge in [-0.1, -0.05) is 0 Å². The molecule has 1 N–H and O–H groups in total. The van der Waals surface area contributed by atoms with Gasteiger partial charge in [-0.25, -0.2) is 0 Å². The van der Waals surface area contributed by atoms with Crippen molar-refractivity contribution in [2.45, 2.75) is 6.92 Å². The second-order valence-electron chi connectivity index (χ2n) is 1.45. The van der Waals surface area contributed by atoms with Crippen LogP contribution < -0.4 is 0 Å². The van der Waals surface area contributed by atoms with Crippen molar-refractivity contribution in [3.05, 3.63) is 17.0 Å². The van der Waals surface area contributed by atoms with E-state index in [9.17, 15) is 0 Å². The van der Waals surface area contributed by atoms with Crippen LogP contribution in [-0.2, 0) is 0 Å². The lowest BCUT2D eigenvalue weighted by atomic mass is 10.5. The highest BCUT2D eigenvalue weighted by molar-refractivity contribution is 5.38. The molecule has 0 radical (unpaired) electrons. The Morgan fingerprint density at radius 3 is 2.88 bits per heavy atom. The molecule has 0 aromatic carbocycles. The van der Waals surface area contributed by atoms with Gasteiger partial charge >= 0.3 is 5.82 Å². The van der Waals surface area contributed by atoms with Gasteiger partial charge in [0.25, 0.3) is 0 Å². The van der Waals surface area contributed by atoms with Gasteiger partial charge in [-0.3, -0.25) is 0 Å². The summed E-state index contributed by atoms with van der Waals surface area (Å²) in [5.74, 6) is 0.352. The lowest BCUT2D eigenvalue weighted by Crippen LogP contribution is -1.63. The van der Waals surface area contributed by atoms with E-state index in [1.54, 1.807) is 6.92 Å². The minimum atomic E-state index is 0.352. The molecule has 1 rings (SSSR count). The Morgan fingerprint density at radius 2 is 2.62 bits per heavy atom. The Balaban J connectivity index is 3.15. The molecule has 8 heavy (non-hydrogen) atoms. The summed E-state index contributed by atoms with van der Waals surface area (Å²) in [6.07, 6.45) is 1.48. The molecule has 0 spiro atoms. The minimum absolute atomic E-state index is 0.352. The van der Waals surface area contributed by atoms with Crippen LogP contribution in [0.3, 0.4) is 0 Å². The summed E-state index contributed by atoms with van der Waals surface area (Å²) < 4.78 is 0.